The van der Waals surface area contributed by atoms with Crippen LogP contribution in [-0.4, -0.2) is 20.7 Å². The molecule has 0 aromatic carbocycles. The van der Waals surface area contributed by atoms with E-state index in [0.717, 1.165) is 6.54 Å². The Kier molecular flexibility index (Phi) is 5.33. The number of sulfonamides is 1. The molecule has 1 aromatic rings. The van der Waals surface area contributed by atoms with Crippen LogP contribution in [0.5, 0.6) is 0 Å². The Morgan fingerprint density at radius 1 is 1.33 bits per heavy atom. The Hall–Kier alpha value is -0.430. The molecule has 3 N–H and O–H groups in total. The average molecular weight is 290 g/mol. The molecule has 0 aliphatic carbocycles. The fourth-order valence-corrected chi connectivity index (χ4v) is 3.07. The number of nitrogens with one attached hydrogen (secondary N) is 1. The summed E-state index contributed by atoms with van der Waals surface area (Å²) in [6, 6.07) is 4.28. The molecule has 0 atom stereocenters. The first-order chi connectivity index (χ1) is 8.18. The average Bonchev–Trinajstić information content (AvgIpc) is 2.63. The Morgan fingerprint density at radius 3 is 2.50 bits per heavy atom. The summed E-state index contributed by atoms with van der Waals surface area (Å²) in [5.74, 6) is 0.0394. The van der Waals surface area contributed by atoms with Gasteiger partial charge in [0.15, 0.2) is 0 Å². The van der Waals surface area contributed by atoms with Gasteiger partial charge in [-0.3, -0.25) is 0 Å². The monoisotopic (exact) mass is 290 g/mol. The second-order valence-corrected chi connectivity index (χ2v) is 8.32. The van der Waals surface area contributed by atoms with E-state index in [9.17, 15) is 8.42 Å². The molecule has 0 aliphatic rings. The number of hydrogen-bond donors (Lipinski definition) is 2. The van der Waals surface area contributed by atoms with E-state index in [2.05, 4.69) is 38.2 Å². The van der Waals surface area contributed by atoms with E-state index in [1.165, 1.54) is 9.75 Å². The molecular weight excluding hydrogens is 268 g/mol. The third kappa shape index (κ3) is 5.95. The minimum atomic E-state index is -3.32. The number of hydrogen-bond acceptors (Lipinski definition) is 4. The second-order valence-electron chi connectivity index (χ2n) is 5.41. The van der Waals surface area contributed by atoms with Crippen molar-refractivity contribution in [2.24, 2.45) is 5.14 Å². The van der Waals surface area contributed by atoms with Crippen LogP contribution in [0.2, 0.25) is 0 Å². The molecule has 18 heavy (non-hydrogen) atoms. The van der Waals surface area contributed by atoms with Gasteiger partial charge in [-0.1, -0.05) is 20.8 Å². The molecule has 1 rings (SSSR count). The summed E-state index contributed by atoms with van der Waals surface area (Å²) < 4.78 is 21.5. The summed E-state index contributed by atoms with van der Waals surface area (Å²) in [7, 11) is -3.32. The van der Waals surface area contributed by atoms with Gasteiger partial charge in [0, 0.05) is 16.3 Å². The van der Waals surface area contributed by atoms with Crippen molar-refractivity contribution in [2.45, 2.75) is 39.2 Å². The third-order valence-electron chi connectivity index (χ3n) is 2.48. The lowest BCUT2D eigenvalue weighted by Gasteiger charge is -2.15. The van der Waals surface area contributed by atoms with Crippen molar-refractivity contribution in [2.75, 3.05) is 12.3 Å². The van der Waals surface area contributed by atoms with Crippen molar-refractivity contribution in [3.63, 3.8) is 0 Å². The summed E-state index contributed by atoms with van der Waals surface area (Å²) in [6.45, 7) is 8.04. The van der Waals surface area contributed by atoms with Crippen molar-refractivity contribution in [1.82, 2.24) is 5.32 Å². The number of rotatable bonds is 6. The van der Waals surface area contributed by atoms with Gasteiger partial charge in [0.25, 0.3) is 0 Å². The van der Waals surface area contributed by atoms with Gasteiger partial charge in [-0.05, 0) is 30.5 Å². The Labute approximate surface area is 114 Å². The number of thiophene rings is 1. The van der Waals surface area contributed by atoms with E-state index in [-0.39, 0.29) is 11.2 Å². The smallest absolute Gasteiger partial charge is 0.209 e. The molecule has 1 aromatic heterocycles. The fraction of sp³-hybridized carbons (Fsp3) is 0.667. The summed E-state index contributed by atoms with van der Waals surface area (Å²) in [6.07, 6.45) is 0.552. The molecule has 0 radical (unpaired) electrons. The Morgan fingerprint density at radius 2 is 2.00 bits per heavy atom. The maximum Gasteiger partial charge on any atom is 0.209 e. The standard InChI is InChI=1S/C12H22N2O2S2/c1-12(2,3)11-6-5-10(17-11)9-14-7-4-8-18(13,15)16/h5-6,14H,4,7-9H2,1-3H3,(H2,13,15,16). The van der Waals surface area contributed by atoms with Crippen molar-refractivity contribution >= 4 is 21.4 Å². The Balaban J connectivity index is 2.30. The highest BCUT2D eigenvalue weighted by molar-refractivity contribution is 7.89. The first-order valence-corrected chi connectivity index (χ1v) is 8.52. The zero-order valence-corrected chi connectivity index (χ0v) is 12.8. The number of nitrogens with two attached hydrogens (primary N) is 1. The van der Waals surface area contributed by atoms with E-state index >= 15 is 0 Å². The molecule has 6 heteroatoms. The zero-order chi connectivity index (χ0) is 13.8. The predicted molar refractivity (Wildman–Crippen MR) is 77.3 cm³/mol. The predicted octanol–water partition coefficient (Wildman–Crippen LogP) is 1.81. The van der Waals surface area contributed by atoms with Crippen molar-refractivity contribution in [1.29, 1.82) is 0 Å². The highest BCUT2D eigenvalue weighted by Crippen LogP contribution is 2.29. The van der Waals surface area contributed by atoms with Crippen LogP contribution < -0.4 is 10.5 Å². The van der Waals surface area contributed by atoms with E-state index in [0.29, 0.717) is 13.0 Å². The Bertz CT molecular complexity index is 473. The third-order valence-corrected chi connectivity index (χ3v) is 4.85. The van der Waals surface area contributed by atoms with Crippen LogP contribution in [-0.2, 0) is 22.0 Å². The van der Waals surface area contributed by atoms with Crippen molar-refractivity contribution in [3.05, 3.63) is 21.9 Å². The highest BCUT2D eigenvalue weighted by atomic mass is 32.2. The summed E-state index contributed by atoms with van der Waals surface area (Å²) >= 11 is 1.80. The van der Waals surface area contributed by atoms with Crippen LogP contribution in [0.3, 0.4) is 0 Å². The molecule has 0 spiro atoms. The molecular formula is C12H22N2O2S2. The van der Waals surface area contributed by atoms with Gasteiger partial charge in [-0.2, -0.15) is 0 Å². The SMILES string of the molecule is CC(C)(C)c1ccc(CNCCCS(N)(=O)=O)s1. The van der Waals surface area contributed by atoms with E-state index in [4.69, 9.17) is 5.14 Å². The van der Waals surface area contributed by atoms with Gasteiger partial charge in [0.2, 0.25) is 10.0 Å². The molecule has 0 saturated carbocycles. The lowest BCUT2D eigenvalue weighted by molar-refractivity contribution is 0.590. The molecule has 4 nitrogen and oxygen atoms in total. The lowest BCUT2D eigenvalue weighted by Crippen LogP contribution is -2.21. The normalized spacial score (nSPS) is 12.9. The van der Waals surface area contributed by atoms with E-state index in [1.807, 2.05) is 0 Å². The van der Waals surface area contributed by atoms with Crippen LogP contribution in [0.25, 0.3) is 0 Å². The van der Waals surface area contributed by atoms with Gasteiger partial charge in [-0.25, -0.2) is 13.6 Å². The van der Waals surface area contributed by atoms with Gasteiger partial charge >= 0.3 is 0 Å². The molecule has 0 aliphatic heterocycles. The minimum absolute atomic E-state index is 0.0394. The maximum absolute atomic E-state index is 10.7. The highest BCUT2D eigenvalue weighted by Gasteiger charge is 2.15. The van der Waals surface area contributed by atoms with E-state index in [1.54, 1.807) is 11.3 Å². The molecule has 0 unspecified atom stereocenters. The molecule has 104 valence electrons. The molecule has 0 amide bonds. The van der Waals surface area contributed by atoms with Crippen LogP contribution in [0, 0.1) is 0 Å². The first-order valence-electron chi connectivity index (χ1n) is 5.99. The lowest BCUT2D eigenvalue weighted by atomic mass is 9.95. The van der Waals surface area contributed by atoms with Gasteiger partial charge < -0.3 is 5.32 Å². The molecule has 0 saturated heterocycles. The number of primary sulfonamides is 1. The first kappa shape index (κ1) is 15.6. The topological polar surface area (TPSA) is 72.2 Å². The fourth-order valence-electron chi connectivity index (χ4n) is 1.49. The zero-order valence-electron chi connectivity index (χ0n) is 11.2. The van der Waals surface area contributed by atoms with Crippen LogP contribution in [0.15, 0.2) is 12.1 Å². The minimum Gasteiger partial charge on any atom is -0.312 e. The van der Waals surface area contributed by atoms with Crippen LogP contribution >= 0.6 is 11.3 Å². The van der Waals surface area contributed by atoms with Gasteiger partial charge in [-0.15, -0.1) is 11.3 Å². The maximum atomic E-state index is 10.7. The van der Waals surface area contributed by atoms with Gasteiger partial charge in [0.05, 0.1) is 5.75 Å². The summed E-state index contributed by atoms with van der Waals surface area (Å²) in [5, 5.41) is 8.16. The second kappa shape index (κ2) is 6.14. The molecule has 1 heterocycles. The van der Waals surface area contributed by atoms with Crippen LogP contribution in [0.1, 0.15) is 36.9 Å². The quantitative estimate of drug-likeness (QED) is 0.785. The van der Waals surface area contributed by atoms with E-state index < -0.39 is 10.0 Å². The largest absolute Gasteiger partial charge is 0.312 e. The van der Waals surface area contributed by atoms with Crippen molar-refractivity contribution in [3.8, 4) is 0 Å². The van der Waals surface area contributed by atoms with Crippen molar-refractivity contribution < 1.29 is 8.42 Å². The summed E-state index contributed by atoms with van der Waals surface area (Å²) in [4.78, 5) is 2.64. The summed E-state index contributed by atoms with van der Waals surface area (Å²) in [5.41, 5.74) is 0.191. The van der Waals surface area contributed by atoms with Crippen LogP contribution in [0.4, 0.5) is 0 Å². The molecule has 0 fully saturated rings. The van der Waals surface area contributed by atoms with Gasteiger partial charge in [0.1, 0.15) is 0 Å². The molecule has 0 bridgehead atoms.